The minimum atomic E-state index is -0.161. The van der Waals surface area contributed by atoms with Gasteiger partial charge in [-0.25, -0.2) is 0 Å². The fourth-order valence-corrected chi connectivity index (χ4v) is 3.71. The third kappa shape index (κ3) is 4.08. The van der Waals surface area contributed by atoms with Gasteiger partial charge in [-0.2, -0.15) is 0 Å². The number of hydrogen-bond acceptors (Lipinski definition) is 4. The van der Waals surface area contributed by atoms with Gasteiger partial charge < -0.3 is 19.1 Å². The largest absolute Gasteiger partial charge is 0.493 e. The molecule has 1 aliphatic heterocycles. The smallest absolute Gasteiger partial charge is 0.220 e. The van der Waals surface area contributed by atoms with Gasteiger partial charge in [0, 0.05) is 13.5 Å². The molecule has 1 amide bonds. The first-order valence-corrected chi connectivity index (χ1v) is 9.69. The zero-order chi connectivity index (χ0) is 20.3. The van der Waals surface area contributed by atoms with Gasteiger partial charge in [0.25, 0.3) is 0 Å². The van der Waals surface area contributed by atoms with Gasteiger partial charge in [-0.3, -0.25) is 4.79 Å². The summed E-state index contributed by atoms with van der Waals surface area (Å²) in [5.41, 5.74) is 3.49. The van der Waals surface area contributed by atoms with E-state index in [0.29, 0.717) is 30.6 Å². The van der Waals surface area contributed by atoms with Crippen LogP contribution in [0.5, 0.6) is 17.2 Å². The van der Waals surface area contributed by atoms with Gasteiger partial charge in [0.05, 0.1) is 20.3 Å². The first kappa shape index (κ1) is 20.1. The predicted molar refractivity (Wildman–Crippen MR) is 109 cm³/mol. The molecule has 0 N–H and O–H groups in total. The third-order valence-corrected chi connectivity index (χ3v) is 5.36. The molecule has 1 aliphatic rings. The Bertz CT molecular complexity index is 829. The fourth-order valence-electron chi connectivity index (χ4n) is 3.71. The number of fused-ring (bicyclic) bond motifs is 1. The number of benzene rings is 2. The molecule has 0 fully saturated rings. The summed E-state index contributed by atoms with van der Waals surface area (Å²) in [6.07, 6.45) is 0.787. The highest BCUT2D eigenvalue weighted by Gasteiger charge is 2.31. The zero-order valence-electron chi connectivity index (χ0n) is 17.3. The van der Waals surface area contributed by atoms with Crippen LogP contribution >= 0.6 is 0 Å². The average molecular weight is 383 g/mol. The maximum atomic E-state index is 12.2. The lowest BCUT2D eigenvalue weighted by atomic mass is 9.92. The summed E-state index contributed by atoms with van der Waals surface area (Å²) in [6, 6.07) is 12.0. The van der Waals surface area contributed by atoms with Gasteiger partial charge in [-0.15, -0.1) is 0 Å². The lowest BCUT2D eigenvalue weighted by Crippen LogP contribution is -2.41. The molecule has 0 bridgehead atoms. The second kappa shape index (κ2) is 8.55. The van der Waals surface area contributed by atoms with Crippen molar-refractivity contribution in [3.8, 4) is 17.2 Å². The first-order chi connectivity index (χ1) is 13.4. The maximum Gasteiger partial charge on any atom is 0.220 e. The number of amides is 1. The molecule has 0 unspecified atom stereocenters. The standard InChI is InChI=1S/C23H29NO4/c1-15(2)17-6-8-19(9-7-17)28-14-21-20-13-23(27-5)22(26-4)12-18(20)10-11-24(21)16(3)25/h6-9,12-13,15,21H,10-11,14H2,1-5H3/t21-/m1/s1. The molecule has 150 valence electrons. The molecule has 1 atom stereocenters. The van der Waals surface area contributed by atoms with E-state index in [2.05, 4.69) is 26.0 Å². The van der Waals surface area contributed by atoms with E-state index in [1.54, 1.807) is 21.1 Å². The van der Waals surface area contributed by atoms with Crippen LogP contribution in [0.3, 0.4) is 0 Å². The molecular formula is C23H29NO4. The van der Waals surface area contributed by atoms with Gasteiger partial charge in [-0.05, 0) is 53.3 Å². The Labute approximate surface area is 167 Å². The normalized spacial score (nSPS) is 15.9. The van der Waals surface area contributed by atoms with Crippen molar-refractivity contribution in [1.82, 2.24) is 4.90 Å². The van der Waals surface area contributed by atoms with Crippen LogP contribution in [0.15, 0.2) is 36.4 Å². The Morgan fingerprint density at radius 2 is 1.75 bits per heavy atom. The van der Waals surface area contributed by atoms with Crippen LogP contribution in [0.25, 0.3) is 0 Å². The van der Waals surface area contributed by atoms with Crippen LogP contribution < -0.4 is 14.2 Å². The lowest BCUT2D eigenvalue weighted by molar-refractivity contribution is -0.132. The van der Waals surface area contributed by atoms with Crippen LogP contribution in [0, 0.1) is 0 Å². The molecule has 5 nitrogen and oxygen atoms in total. The predicted octanol–water partition coefficient (Wildman–Crippen LogP) is 4.35. The van der Waals surface area contributed by atoms with Crippen molar-refractivity contribution in [2.75, 3.05) is 27.4 Å². The molecule has 5 heteroatoms. The lowest BCUT2D eigenvalue weighted by Gasteiger charge is -2.37. The van der Waals surface area contributed by atoms with E-state index in [0.717, 1.165) is 17.7 Å². The average Bonchev–Trinajstić information content (AvgIpc) is 2.70. The van der Waals surface area contributed by atoms with Crippen LogP contribution in [0.2, 0.25) is 0 Å². The molecule has 0 spiro atoms. The number of nitrogens with zero attached hydrogens (tertiary/aromatic N) is 1. The Hall–Kier alpha value is -2.69. The maximum absolute atomic E-state index is 12.2. The minimum Gasteiger partial charge on any atom is -0.493 e. The quantitative estimate of drug-likeness (QED) is 0.744. The van der Waals surface area contributed by atoms with Crippen molar-refractivity contribution in [3.05, 3.63) is 53.1 Å². The molecular weight excluding hydrogens is 354 g/mol. The highest BCUT2D eigenvalue weighted by Crippen LogP contribution is 2.38. The highest BCUT2D eigenvalue weighted by atomic mass is 16.5. The van der Waals surface area contributed by atoms with Crippen molar-refractivity contribution in [3.63, 3.8) is 0 Å². The number of carbonyl (C=O) groups is 1. The van der Waals surface area contributed by atoms with E-state index in [1.165, 1.54) is 11.1 Å². The topological polar surface area (TPSA) is 48.0 Å². The van der Waals surface area contributed by atoms with Crippen molar-refractivity contribution in [1.29, 1.82) is 0 Å². The minimum absolute atomic E-state index is 0.0455. The van der Waals surface area contributed by atoms with Crippen LogP contribution in [0.1, 0.15) is 49.4 Å². The van der Waals surface area contributed by atoms with E-state index >= 15 is 0 Å². The van der Waals surface area contributed by atoms with Crippen molar-refractivity contribution < 1.29 is 19.0 Å². The number of rotatable bonds is 6. The van der Waals surface area contributed by atoms with E-state index in [4.69, 9.17) is 14.2 Å². The molecule has 0 aromatic heterocycles. The van der Waals surface area contributed by atoms with Crippen LogP contribution in [-0.2, 0) is 11.2 Å². The molecule has 1 heterocycles. The van der Waals surface area contributed by atoms with Gasteiger partial charge >= 0.3 is 0 Å². The zero-order valence-corrected chi connectivity index (χ0v) is 17.3. The summed E-state index contributed by atoms with van der Waals surface area (Å²) < 4.78 is 17.0. The third-order valence-electron chi connectivity index (χ3n) is 5.36. The molecule has 2 aromatic carbocycles. The summed E-state index contributed by atoms with van der Waals surface area (Å²) in [5, 5.41) is 0. The van der Waals surface area contributed by atoms with Gasteiger partial charge in [-0.1, -0.05) is 26.0 Å². The second-order valence-electron chi connectivity index (χ2n) is 7.42. The molecule has 0 saturated carbocycles. The Morgan fingerprint density at radius 3 is 2.32 bits per heavy atom. The summed E-state index contributed by atoms with van der Waals surface area (Å²) in [5.74, 6) is 2.71. The number of carbonyl (C=O) groups excluding carboxylic acids is 1. The van der Waals surface area contributed by atoms with E-state index in [1.807, 2.05) is 29.2 Å². The Morgan fingerprint density at radius 1 is 1.11 bits per heavy atom. The fraction of sp³-hybridized carbons (Fsp3) is 0.435. The van der Waals surface area contributed by atoms with Crippen LogP contribution in [0.4, 0.5) is 0 Å². The monoisotopic (exact) mass is 383 g/mol. The van der Waals surface area contributed by atoms with Gasteiger partial charge in [0.1, 0.15) is 12.4 Å². The SMILES string of the molecule is COc1cc2c(cc1OC)[C@@H](COc1ccc(C(C)C)cc1)N(C(C)=O)CC2. The molecule has 0 saturated heterocycles. The Kier molecular flexibility index (Phi) is 6.12. The first-order valence-electron chi connectivity index (χ1n) is 9.69. The van der Waals surface area contributed by atoms with Crippen molar-refractivity contribution in [2.24, 2.45) is 0 Å². The Balaban J connectivity index is 1.87. The highest BCUT2D eigenvalue weighted by molar-refractivity contribution is 5.74. The molecule has 0 radical (unpaired) electrons. The van der Waals surface area contributed by atoms with Gasteiger partial charge in [0.15, 0.2) is 11.5 Å². The molecule has 2 aromatic rings. The van der Waals surface area contributed by atoms with E-state index in [9.17, 15) is 4.79 Å². The van der Waals surface area contributed by atoms with E-state index < -0.39 is 0 Å². The molecule has 3 rings (SSSR count). The summed E-state index contributed by atoms with van der Waals surface area (Å²) in [6.45, 7) is 7.00. The second-order valence-corrected chi connectivity index (χ2v) is 7.42. The van der Waals surface area contributed by atoms with Crippen LogP contribution in [-0.4, -0.2) is 38.2 Å². The summed E-state index contributed by atoms with van der Waals surface area (Å²) >= 11 is 0. The van der Waals surface area contributed by atoms with Gasteiger partial charge in [0.2, 0.25) is 5.91 Å². The molecule has 28 heavy (non-hydrogen) atoms. The number of methoxy groups -OCH3 is 2. The van der Waals surface area contributed by atoms with E-state index in [-0.39, 0.29) is 11.9 Å². The summed E-state index contributed by atoms with van der Waals surface area (Å²) in [4.78, 5) is 14.1. The number of hydrogen-bond donors (Lipinski definition) is 0. The number of ether oxygens (including phenoxy) is 3. The summed E-state index contributed by atoms with van der Waals surface area (Å²) in [7, 11) is 3.26. The molecule has 0 aliphatic carbocycles. The van der Waals surface area contributed by atoms with Crippen molar-refractivity contribution >= 4 is 5.91 Å². The van der Waals surface area contributed by atoms with Crippen molar-refractivity contribution in [2.45, 2.75) is 39.2 Å².